The number of unbranched alkanes of at least 4 members (excludes halogenated alkanes) is 36. The van der Waals surface area contributed by atoms with Crippen LogP contribution >= 0.6 is 0 Å². The highest BCUT2D eigenvalue weighted by atomic mass is 16.5. The van der Waals surface area contributed by atoms with Crippen LogP contribution in [0, 0.1) is 0 Å². The van der Waals surface area contributed by atoms with Crippen molar-refractivity contribution in [3.8, 4) is 0 Å². The van der Waals surface area contributed by atoms with Crippen LogP contribution in [0.2, 0.25) is 0 Å². The standard InChI is InChI=1S/C53H103NO5/c1-3-5-7-9-11-13-15-17-19-20-21-22-24-26-31-35-39-43-47-53(58)59-48-44-40-36-32-28-27-30-34-38-42-46-52(57)54-50(49-55)51(56)45-41-37-33-29-25-23-18-16-14-12-10-8-6-4-2/h19-20,50-51,55-56H,3-18,21-49H2,1-2H3,(H,54,57)/b20-19-. The summed E-state index contributed by atoms with van der Waals surface area (Å²) in [6.07, 6.45) is 56.1. The lowest BCUT2D eigenvalue weighted by atomic mass is 10.0. The first-order valence-corrected chi connectivity index (χ1v) is 26.4. The molecule has 0 spiro atoms. The zero-order chi connectivity index (χ0) is 43.0. The molecule has 2 unspecified atom stereocenters. The molecule has 0 saturated heterocycles. The minimum Gasteiger partial charge on any atom is -0.466 e. The first-order valence-electron chi connectivity index (χ1n) is 26.4. The van der Waals surface area contributed by atoms with Crippen LogP contribution < -0.4 is 5.32 Å². The van der Waals surface area contributed by atoms with Crippen molar-refractivity contribution in [1.29, 1.82) is 0 Å². The van der Waals surface area contributed by atoms with Crippen molar-refractivity contribution in [3.05, 3.63) is 12.2 Å². The number of hydrogen-bond donors (Lipinski definition) is 3. The molecule has 0 aliphatic rings. The molecule has 0 radical (unpaired) electrons. The summed E-state index contributed by atoms with van der Waals surface area (Å²) in [4.78, 5) is 24.5. The minimum absolute atomic E-state index is 0.0213. The maximum Gasteiger partial charge on any atom is 0.305 e. The van der Waals surface area contributed by atoms with Gasteiger partial charge in [-0.15, -0.1) is 0 Å². The Kier molecular flexibility index (Phi) is 48.1. The van der Waals surface area contributed by atoms with Crippen molar-refractivity contribution in [2.75, 3.05) is 13.2 Å². The second kappa shape index (κ2) is 49.3. The van der Waals surface area contributed by atoms with Gasteiger partial charge < -0.3 is 20.3 Å². The summed E-state index contributed by atoms with van der Waals surface area (Å²) < 4.78 is 5.46. The molecular formula is C53H103NO5. The Balaban J connectivity index is 3.46. The van der Waals surface area contributed by atoms with Gasteiger partial charge in [0.2, 0.25) is 5.91 Å². The van der Waals surface area contributed by atoms with Crippen molar-refractivity contribution in [3.63, 3.8) is 0 Å². The molecule has 0 bridgehead atoms. The number of aliphatic hydroxyl groups excluding tert-OH is 2. The summed E-state index contributed by atoms with van der Waals surface area (Å²) in [5.74, 6) is -0.0781. The van der Waals surface area contributed by atoms with E-state index in [1.807, 2.05) is 0 Å². The smallest absolute Gasteiger partial charge is 0.305 e. The van der Waals surface area contributed by atoms with Gasteiger partial charge in [0, 0.05) is 12.8 Å². The molecule has 0 heterocycles. The molecule has 3 N–H and O–H groups in total. The topological polar surface area (TPSA) is 95.9 Å². The zero-order valence-corrected chi connectivity index (χ0v) is 39.7. The first-order chi connectivity index (χ1) is 29.0. The van der Waals surface area contributed by atoms with E-state index >= 15 is 0 Å². The fourth-order valence-corrected chi connectivity index (χ4v) is 8.22. The Hall–Kier alpha value is -1.40. The van der Waals surface area contributed by atoms with E-state index < -0.39 is 12.1 Å². The Bertz CT molecular complexity index is 878. The molecule has 0 aliphatic heterocycles. The number of carbonyl (C=O) groups excluding carboxylic acids is 2. The third-order valence-corrected chi connectivity index (χ3v) is 12.3. The number of carbonyl (C=O) groups is 2. The van der Waals surface area contributed by atoms with Crippen LogP contribution in [0.25, 0.3) is 0 Å². The van der Waals surface area contributed by atoms with Gasteiger partial charge in [0.1, 0.15) is 0 Å². The predicted octanol–water partition coefficient (Wildman–Crippen LogP) is 15.7. The van der Waals surface area contributed by atoms with Crippen LogP contribution in [0.4, 0.5) is 0 Å². The van der Waals surface area contributed by atoms with E-state index in [0.29, 0.717) is 25.9 Å². The van der Waals surface area contributed by atoms with Gasteiger partial charge in [-0.1, -0.05) is 238 Å². The monoisotopic (exact) mass is 834 g/mol. The van der Waals surface area contributed by atoms with E-state index in [0.717, 1.165) is 57.8 Å². The Labute approximate surface area is 368 Å². The van der Waals surface area contributed by atoms with Gasteiger partial charge in [-0.05, 0) is 51.4 Å². The lowest BCUT2D eigenvalue weighted by Gasteiger charge is -2.22. The largest absolute Gasteiger partial charge is 0.466 e. The zero-order valence-electron chi connectivity index (χ0n) is 39.7. The predicted molar refractivity (Wildman–Crippen MR) is 255 cm³/mol. The van der Waals surface area contributed by atoms with Crippen molar-refractivity contribution in [1.82, 2.24) is 5.32 Å². The summed E-state index contributed by atoms with van der Waals surface area (Å²) >= 11 is 0. The highest BCUT2D eigenvalue weighted by Gasteiger charge is 2.20. The maximum atomic E-state index is 12.4. The van der Waals surface area contributed by atoms with Crippen molar-refractivity contribution < 1.29 is 24.5 Å². The molecule has 0 rings (SSSR count). The summed E-state index contributed by atoms with van der Waals surface area (Å²) in [6.45, 7) is 4.91. The molecule has 0 aromatic heterocycles. The van der Waals surface area contributed by atoms with Gasteiger partial charge in [0.15, 0.2) is 0 Å². The summed E-state index contributed by atoms with van der Waals surface area (Å²) in [6, 6.07) is -0.557. The molecule has 2 atom stereocenters. The molecule has 1 amide bonds. The number of rotatable bonds is 49. The highest BCUT2D eigenvalue weighted by molar-refractivity contribution is 5.76. The Morgan fingerprint density at radius 2 is 0.797 bits per heavy atom. The third-order valence-electron chi connectivity index (χ3n) is 12.3. The molecule has 0 aliphatic carbocycles. The molecule has 0 fully saturated rings. The van der Waals surface area contributed by atoms with Gasteiger partial charge in [0.25, 0.3) is 0 Å². The van der Waals surface area contributed by atoms with E-state index in [1.165, 1.54) is 199 Å². The van der Waals surface area contributed by atoms with Crippen LogP contribution in [-0.4, -0.2) is 47.4 Å². The van der Waals surface area contributed by atoms with Crippen LogP contribution in [0.15, 0.2) is 12.2 Å². The van der Waals surface area contributed by atoms with Crippen molar-refractivity contribution in [2.45, 2.75) is 302 Å². The second-order valence-electron chi connectivity index (χ2n) is 18.2. The van der Waals surface area contributed by atoms with Gasteiger partial charge in [0.05, 0.1) is 25.4 Å². The Morgan fingerprint density at radius 3 is 1.20 bits per heavy atom. The summed E-state index contributed by atoms with van der Waals surface area (Å²) in [5.41, 5.74) is 0. The first kappa shape index (κ1) is 57.6. The van der Waals surface area contributed by atoms with E-state index in [4.69, 9.17) is 4.74 Å². The molecule has 0 saturated carbocycles. The maximum absolute atomic E-state index is 12.4. The van der Waals surface area contributed by atoms with E-state index in [-0.39, 0.29) is 18.5 Å². The van der Waals surface area contributed by atoms with E-state index in [1.54, 1.807) is 0 Å². The van der Waals surface area contributed by atoms with Crippen LogP contribution in [0.5, 0.6) is 0 Å². The fourth-order valence-electron chi connectivity index (χ4n) is 8.22. The quantitative estimate of drug-likeness (QED) is 0.0322. The molecule has 0 aromatic rings. The molecular weight excluding hydrogens is 731 g/mol. The van der Waals surface area contributed by atoms with E-state index in [2.05, 4.69) is 31.3 Å². The number of allylic oxidation sites excluding steroid dienone is 2. The summed E-state index contributed by atoms with van der Waals surface area (Å²) in [7, 11) is 0. The highest BCUT2D eigenvalue weighted by Crippen LogP contribution is 2.16. The van der Waals surface area contributed by atoms with Gasteiger partial charge >= 0.3 is 5.97 Å². The van der Waals surface area contributed by atoms with Crippen molar-refractivity contribution in [2.24, 2.45) is 0 Å². The number of hydrogen-bond acceptors (Lipinski definition) is 5. The SMILES string of the molecule is CCCCCCCCC/C=C\CCCCCCCCCC(=O)OCCCCCCCCCCCCC(=O)NC(CO)C(O)CCCCCCCCCCCCCCCC. The Morgan fingerprint density at radius 1 is 0.458 bits per heavy atom. The number of esters is 1. The summed E-state index contributed by atoms with van der Waals surface area (Å²) in [5, 5.41) is 23.2. The molecule has 6 heteroatoms. The number of aliphatic hydroxyl groups is 2. The van der Waals surface area contributed by atoms with Crippen LogP contribution in [0.3, 0.4) is 0 Å². The second-order valence-corrected chi connectivity index (χ2v) is 18.2. The van der Waals surface area contributed by atoms with Gasteiger partial charge in [-0.25, -0.2) is 0 Å². The molecule has 0 aromatic carbocycles. The number of nitrogens with one attached hydrogen (secondary N) is 1. The van der Waals surface area contributed by atoms with E-state index in [9.17, 15) is 19.8 Å². The van der Waals surface area contributed by atoms with Gasteiger partial charge in [-0.3, -0.25) is 9.59 Å². The minimum atomic E-state index is -0.678. The third kappa shape index (κ3) is 45.9. The van der Waals surface area contributed by atoms with Crippen molar-refractivity contribution >= 4 is 11.9 Å². The lowest BCUT2D eigenvalue weighted by molar-refractivity contribution is -0.143. The molecule has 350 valence electrons. The fraction of sp³-hybridized carbons (Fsp3) is 0.925. The molecule has 59 heavy (non-hydrogen) atoms. The number of ether oxygens (including phenoxy) is 1. The molecule has 6 nitrogen and oxygen atoms in total. The van der Waals surface area contributed by atoms with Crippen LogP contribution in [0.1, 0.15) is 290 Å². The lowest BCUT2D eigenvalue weighted by Crippen LogP contribution is -2.45. The average Bonchev–Trinajstić information content (AvgIpc) is 3.24. The van der Waals surface area contributed by atoms with Gasteiger partial charge in [-0.2, -0.15) is 0 Å². The number of amides is 1. The average molecular weight is 834 g/mol. The van der Waals surface area contributed by atoms with Crippen LogP contribution in [-0.2, 0) is 14.3 Å². The normalized spacial score (nSPS) is 12.7.